The number of furan rings is 1. The molecule has 126 valence electrons. The van der Waals surface area contributed by atoms with Crippen molar-refractivity contribution in [3.05, 3.63) is 63.0 Å². The number of aromatic nitrogens is 2. The summed E-state index contributed by atoms with van der Waals surface area (Å²) in [5, 5.41) is 9.66. The van der Waals surface area contributed by atoms with Gasteiger partial charge in [0.05, 0.1) is 11.3 Å². The van der Waals surface area contributed by atoms with Gasteiger partial charge in [-0.1, -0.05) is 6.07 Å². The van der Waals surface area contributed by atoms with Crippen LogP contribution in [-0.2, 0) is 0 Å². The third-order valence-corrected chi connectivity index (χ3v) is 4.93. The molecule has 3 aromatic rings. The molecule has 1 N–H and O–H groups in total. The van der Waals surface area contributed by atoms with Crippen molar-refractivity contribution in [1.29, 1.82) is 0 Å². The monoisotopic (exact) mass is 343 g/mol. The van der Waals surface area contributed by atoms with Crippen molar-refractivity contribution in [3.63, 3.8) is 0 Å². The molecule has 6 heteroatoms. The van der Waals surface area contributed by atoms with E-state index in [1.807, 2.05) is 43.0 Å². The highest BCUT2D eigenvalue weighted by Gasteiger charge is 2.20. The number of thiophene rings is 1. The molecule has 0 aromatic carbocycles. The van der Waals surface area contributed by atoms with Crippen LogP contribution in [0.15, 0.2) is 34.1 Å². The van der Waals surface area contributed by atoms with E-state index in [0.717, 1.165) is 17.1 Å². The van der Waals surface area contributed by atoms with E-state index in [1.165, 1.54) is 4.88 Å². The van der Waals surface area contributed by atoms with Crippen molar-refractivity contribution >= 4 is 17.2 Å². The molecule has 0 aliphatic carbocycles. The average Bonchev–Trinajstić information content (AvgIpc) is 3.22. The minimum Gasteiger partial charge on any atom is -0.466 e. The largest absolute Gasteiger partial charge is 0.466 e. The van der Waals surface area contributed by atoms with Crippen molar-refractivity contribution in [1.82, 2.24) is 15.1 Å². The van der Waals surface area contributed by atoms with E-state index in [1.54, 1.807) is 24.3 Å². The average molecular weight is 343 g/mol. The van der Waals surface area contributed by atoms with E-state index >= 15 is 0 Å². The quantitative estimate of drug-likeness (QED) is 0.767. The van der Waals surface area contributed by atoms with Crippen molar-refractivity contribution in [2.75, 3.05) is 6.54 Å². The van der Waals surface area contributed by atoms with Crippen LogP contribution in [0.2, 0.25) is 0 Å². The first-order chi connectivity index (χ1) is 11.5. The van der Waals surface area contributed by atoms with E-state index in [-0.39, 0.29) is 11.9 Å². The summed E-state index contributed by atoms with van der Waals surface area (Å²) in [7, 11) is 0. The molecule has 0 fully saturated rings. The number of amides is 1. The van der Waals surface area contributed by atoms with Crippen LogP contribution >= 0.6 is 11.3 Å². The molecule has 1 atom stereocenters. The smallest absolute Gasteiger partial charge is 0.254 e. The molecule has 0 bridgehead atoms. The normalized spacial score (nSPS) is 12.3. The van der Waals surface area contributed by atoms with Gasteiger partial charge < -0.3 is 9.73 Å². The molecule has 24 heavy (non-hydrogen) atoms. The number of aryl methyl sites for hydroxylation is 4. The third kappa shape index (κ3) is 3.28. The van der Waals surface area contributed by atoms with E-state index < -0.39 is 0 Å². The first-order valence-corrected chi connectivity index (χ1v) is 8.75. The number of nitrogens with zero attached hydrogens (tertiary/aromatic N) is 2. The number of hydrogen-bond acceptors (Lipinski definition) is 4. The van der Waals surface area contributed by atoms with Crippen molar-refractivity contribution in [2.24, 2.45) is 0 Å². The number of hydrogen-bond donors (Lipinski definition) is 1. The Morgan fingerprint density at radius 3 is 2.67 bits per heavy atom. The molecule has 0 aliphatic rings. The van der Waals surface area contributed by atoms with Crippen molar-refractivity contribution in [3.8, 4) is 0 Å². The van der Waals surface area contributed by atoms with Crippen LogP contribution in [0.3, 0.4) is 0 Å². The topological polar surface area (TPSA) is 60.1 Å². The first-order valence-electron chi connectivity index (χ1n) is 7.87. The van der Waals surface area contributed by atoms with Crippen LogP contribution in [0.25, 0.3) is 0 Å². The van der Waals surface area contributed by atoms with Gasteiger partial charge in [0.25, 0.3) is 5.91 Å². The van der Waals surface area contributed by atoms with Gasteiger partial charge in [-0.05, 0) is 51.3 Å². The summed E-state index contributed by atoms with van der Waals surface area (Å²) in [6.07, 6.45) is 0. The fourth-order valence-corrected chi connectivity index (χ4v) is 3.70. The molecule has 0 saturated heterocycles. The van der Waals surface area contributed by atoms with Gasteiger partial charge in [0.2, 0.25) is 0 Å². The van der Waals surface area contributed by atoms with Crippen LogP contribution in [0.4, 0.5) is 0 Å². The molecular formula is C18H21N3O2S. The Bertz CT molecular complexity index is 846. The fourth-order valence-electron chi connectivity index (χ4n) is 2.89. The van der Waals surface area contributed by atoms with Gasteiger partial charge in [0.1, 0.15) is 17.6 Å². The molecular weight excluding hydrogens is 322 g/mol. The minimum atomic E-state index is -0.118. The minimum absolute atomic E-state index is 0.0176. The zero-order valence-corrected chi connectivity index (χ0v) is 15.1. The lowest BCUT2D eigenvalue weighted by atomic mass is 10.2. The zero-order chi connectivity index (χ0) is 17.3. The van der Waals surface area contributed by atoms with Gasteiger partial charge in [-0.15, -0.1) is 11.3 Å². The maximum absolute atomic E-state index is 12.5. The lowest BCUT2D eigenvalue weighted by Crippen LogP contribution is -2.32. The van der Waals surface area contributed by atoms with Crippen LogP contribution in [0.5, 0.6) is 0 Å². The first kappa shape index (κ1) is 16.5. The van der Waals surface area contributed by atoms with Gasteiger partial charge >= 0.3 is 0 Å². The Kier molecular flexibility index (Phi) is 4.57. The molecule has 3 heterocycles. The van der Waals surface area contributed by atoms with Crippen LogP contribution < -0.4 is 5.32 Å². The second kappa shape index (κ2) is 6.65. The van der Waals surface area contributed by atoms with Crippen LogP contribution in [-0.4, -0.2) is 22.2 Å². The van der Waals surface area contributed by atoms with Crippen molar-refractivity contribution in [2.45, 2.75) is 33.7 Å². The Morgan fingerprint density at radius 2 is 2.12 bits per heavy atom. The number of carbonyl (C=O) groups excluding carboxylic acids is 1. The van der Waals surface area contributed by atoms with Crippen LogP contribution in [0, 0.1) is 27.7 Å². The Labute approximate surface area is 145 Å². The predicted octanol–water partition coefficient (Wildman–Crippen LogP) is 3.79. The van der Waals surface area contributed by atoms with Gasteiger partial charge in [-0.2, -0.15) is 5.10 Å². The van der Waals surface area contributed by atoms with Gasteiger partial charge in [-0.25, -0.2) is 0 Å². The molecule has 3 aromatic heterocycles. The maximum Gasteiger partial charge on any atom is 0.254 e. The number of nitrogens with one attached hydrogen (secondary N) is 1. The van der Waals surface area contributed by atoms with Gasteiger partial charge in [-0.3, -0.25) is 9.48 Å². The summed E-state index contributed by atoms with van der Waals surface area (Å²) in [6.45, 7) is 8.13. The molecule has 0 saturated carbocycles. The summed E-state index contributed by atoms with van der Waals surface area (Å²) in [6, 6.07) is 7.89. The maximum atomic E-state index is 12.5. The molecule has 0 radical (unpaired) electrons. The van der Waals surface area contributed by atoms with Gasteiger partial charge in [0, 0.05) is 17.1 Å². The highest BCUT2D eigenvalue weighted by Crippen LogP contribution is 2.24. The molecule has 0 spiro atoms. The highest BCUT2D eigenvalue weighted by atomic mass is 32.1. The van der Waals surface area contributed by atoms with E-state index in [2.05, 4.69) is 16.5 Å². The van der Waals surface area contributed by atoms with E-state index in [4.69, 9.17) is 4.42 Å². The van der Waals surface area contributed by atoms with Crippen LogP contribution in [0.1, 0.15) is 44.2 Å². The van der Waals surface area contributed by atoms with E-state index in [0.29, 0.717) is 17.9 Å². The summed E-state index contributed by atoms with van der Waals surface area (Å²) >= 11 is 1.67. The fraction of sp³-hybridized carbons (Fsp3) is 0.333. The molecule has 0 aliphatic heterocycles. The lowest BCUT2D eigenvalue weighted by Gasteiger charge is -2.18. The summed E-state index contributed by atoms with van der Waals surface area (Å²) in [4.78, 5) is 13.6. The zero-order valence-electron chi connectivity index (χ0n) is 14.3. The van der Waals surface area contributed by atoms with Gasteiger partial charge in [0.15, 0.2) is 0 Å². The Morgan fingerprint density at radius 1 is 1.33 bits per heavy atom. The SMILES string of the molecule is Cc1cc(C)n(C(CNC(=O)c2cc(C)oc2C)c2cccs2)n1. The Hall–Kier alpha value is -2.34. The lowest BCUT2D eigenvalue weighted by molar-refractivity contribution is 0.0947. The standard InChI is InChI=1S/C18H21N3O2S/c1-11-8-12(2)21(20-11)16(17-6-5-7-24-17)10-19-18(22)15-9-13(3)23-14(15)4/h5-9,16H,10H2,1-4H3,(H,19,22). The summed E-state index contributed by atoms with van der Waals surface area (Å²) in [5.41, 5.74) is 2.64. The molecule has 1 unspecified atom stereocenters. The molecule has 5 nitrogen and oxygen atoms in total. The highest BCUT2D eigenvalue weighted by molar-refractivity contribution is 7.10. The summed E-state index contributed by atoms with van der Waals surface area (Å²) in [5.74, 6) is 1.27. The van der Waals surface area contributed by atoms with E-state index in [9.17, 15) is 4.79 Å². The Balaban J connectivity index is 1.82. The number of rotatable bonds is 5. The molecule has 3 rings (SSSR count). The summed E-state index contributed by atoms with van der Waals surface area (Å²) < 4.78 is 7.43. The van der Waals surface area contributed by atoms with Crippen molar-refractivity contribution < 1.29 is 9.21 Å². The number of carbonyl (C=O) groups is 1. The molecule has 1 amide bonds. The second-order valence-electron chi connectivity index (χ2n) is 5.94. The second-order valence-corrected chi connectivity index (χ2v) is 6.92. The third-order valence-electron chi connectivity index (χ3n) is 3.95. The predicted molar refractivity (Wildman–Crippen MR) is 94.7 cm³/mol.